The van der Waals surface area contributed by atoms with E-state index in [1.165, 1.54) is 0 Å². The lowest BCUT2D eigenvalue weighted by Gasteiger charge is -2.32. The molecule has 6 nitrogen and oxygen atoms in total. The number of urea groups is 1. The molecule has 0 spiro atoms. The molecule has 0 saturated carbocycles. The van der Waals surface area contributed by atoms with Crippen LogP contribution >= 0.6 is 0 Å². The Morgan fingerprint density at radius 1 is 1.08 bits per heavy atom. The molecule has 0 atom stereocenters. The Kier molecular flexibility index (Phi) is 5.61. The Balaban J connectivity index is 1.41. The van der Waals surface area contributed by atoms with Crippen LogP contribution in [0.4, 0.5) is 10.5 Å². The normalized spacial score (nSPS) is 14.8. The van der Waals surface area contributed by atoms with Crippen molar-refractivity contribution in [3.05, 3.63) is 60.4 Å². The van der Waals surface area contributed by atoms with E-state index in [4.69, 9.17) is 0 Å². The minimum absolute atomic E-state index is 0.0290. The van der Waals surface area contributed by atoms with Crippen molar-refractivity contribution >= 4 is 17.6 Å². The molecule has 1 fully saturated rings. The number of nitrogens with one attached hydrogen (secondary N) is 2. The SMILES string of the molecule is O=C(NCC1CCN(C(=O)c2cccnc2)CC1)Nc1ccccc1. The van der Waals surface area contributed by atoms with Crippen LogP contribution in [0.25, 0.3) is 0 Å². The van der Waals surface area contributed by atoms with E-state index in [0.29, 0.717) is 31.1 Å². The van der Waals surface area contributed by atoms with Crippen molar-refractivity contribution in [2.45, 2.75) is 12.8 Å². The molecule has 2 heterocycles. The molecule has 6 heteroatoms. The van der Waals surface area contributed by atoms with Crippen molar-refractivity contribution < 1.29 is 9.59 Å². The first-order valence-electron chi connectivity index (χ1n) is 8.51. The van der Waals surface area contributed by atoms with E-state index < -0.39 is 0 Å². The van der Waals surface area contributed by atoms with Gasteiger partial charge in [-0.05, 0) is 43.0 Å². The van der Waals surface area contributed by atoms with Gasteiger partial charge in [0.05, 0.1) is 5.56 Å². The average molecular weight is 338 g/mol. The van der Waals surface area contributed by atoms with E-state index in [1.54, 1.807) is 24.5 Å². The van der Waals surface area contributed by atoms with Crippen LogP contribution < -0.4 is 10.6 Å². The Hall–Kier alpha value is -2.89. The predicted molar refractivity (Wildman–Crippen MR) is 96.3 cm³/mol. The van der Waals surface area contributed by atoms with Gasteiger partial charge in [0, 0.05) is 37.7 Å². The number of piperidine rings is 1. The van der Waals surface area contributed by atoms with Crippen molar-refractivity contribution in [3.8, 4) is 0 Å². The van der Waals surface area contributed by atoms with Crippen molar-refractivity contribution in [2.75, 3.05) is 25.0 Å². The van der Waals surface area contributed by atoms with Gasteiger partial charge in [0.15, 0.2) is 0 Å². The summed E-state index contributed by atoms with van der Waals surface area (Å²) in [5.74, 6) is 0.417. The van der Waals surface area contributed by atoms with Crippen LogP contribution in [-0.2, 0) is 0 Å². The topological polar surface area (TPSA) is 74.3 Å². The predicted octanol–water partition coefficient (Wildman–Crippen LogP) is 2.76. The molecule has 1 saturated heterocycles. The molecule has 2 N–H and O–H groups in total. The summed E-state index contributed by atoms with van der Waals surface area (Å²) in [6.45, 7) is 2.04. The monoisotopic (exact) mass is 338 g/mol. The van der Waals surface area contributed by atoms with Gasteiger partial charge in [-0.25, -0.2) is 4.79 Å². The van der Waals surface area contributed by atoms with Crippen LogP contribution in [0.1, 0.15) is 23.2 Å². The fourth-order valence-electron chi connectivity index (χ4n) is 2.95. The third kappa shape index (κ3) is 4.79. The van der Waals surface area contributed by atoms with Crippen LogP contribution in [-0.4, -0.2) is 41.5 Å². The number of hydrogen-bond acceptors (Lipinski definition) is 3. The molecule has 2 aromatic rings. The third-order valence-corrected chi connectivity index (χ3v) is 4.39. The van der Waals surface area contributed by atoms with E-state index in [0.717, 1.165) is 18.5 Å². The number of rotatable bonds is 4. The largest absolute Gasteiger partial charge is 0.339 e. The molecule has 1 aliphatic heterocycles. The van der Waals surface area contributed by atoms with Gasteiger partial charge in [-0.2, -0.15) is 0 Å². The molecule has 3 rings (SSSR count). The molecule has 0 radical (unpaired) electrons. The summed E-state index contributed by atoms with van der Waals surface area (Å²) in [6.07, 6.45) is 5.04. The summed E-state index contributed by atoms with van der Waals surface area (Å²) >= 11 is 0. The standard InChI is InChI=1S/C19H22N4O2/c24-18(16-5-4-10-20-14-16)23-11-8-15(9-12-23)13-21-19(25)22-17-6-2-1-3-7-17/h1-7,10,14-15H,8-9,11-13H2,(H2,21,22,25). The van der Waals surface area contributed by atoms with E-state index in [2.05, 4.69) is 15.6 Å². The lowest BCUT2D eigenvalue weighted by Crippen LogP contribution is -2.42. The Bertz CT molecular complexity index is 698. The van der Waals surface area contributed by atoms with Crippen molar-refractivity contribution in [1.29, 1.82) is 0 Å². The molecular formula is C19H22N4O2. The number of carbonyl (C=O) groups is 2. The Labute approximate surface area is 147 Å². The molecule has 1 aromatic heterocycles. The highest BCUT2D eigenvalue weighted by Gasteiger charge is 2.23. The van der Waals surface area contributed by atoms with E-state index in [-0.39, 0.29) is 11.9 Å². The highest BCUT2D eigenvalue weighted by Crippen LogP contribution is 2.18. The maximum atomic E-state index is 12.4. The maximum absolute atomic E-state index is 12.4. The molecular weight excluding hydrogens is 316 g/mol. The quantitative estimate of drug-likeness (QED) is 0.900. The molecule has 0 aliphatic carbocycles. The van der Waals surface area contributed by atoms with Gasteiger partial charge in [-0.15, -0.1) is 0 Å². The van der Waals surface area contributed by atoms with E-state index in [9.17, 15) is 9.59 Å². The number of para-hydroxylation sites is 1. The second-order valence-electron chi connectivity index (χ2n) is 6.18. The maximum Gasteiger partial charge on any atom is 0.319 e. The van der Waals surface area contributed by atoms with Crippen LogP contribution in [0.2, 0.25) is 0 Å². The highest BCUT2D eigenvalue weighted by molar-refractivity contribution is 5.94. The Morgan fingerprint density at radius 2 is 1.84 bits per heavy atom. The van der Waals surface area contributed by atoms with Crippen molar-refractivity contribution in [1.82, 2.24) is 15.2 Å². The summed E-state index contributed by atoms with van der Waals surface area (Å²) in [7, 11) is 0. The lowest BCUT2D eigenvalue weighted by molar-refractivity contribution is 0.0690. The minimum atomic E-state index is -0.194. The number of aromatic nitrogens is 1. The van der Waals surface area contributed by atoms with Crippen LogP contribution in [0.3, 0.4) is 0 Å². The summed E-state index contributed by atoms with van der Waals surface area (Å²) in [5, 5.41) is 5.72. The van der Waals surface area contributed by atoms with Gasteiger partial charge < -0.3 is 15.5 Å². The molecule has 1 aromatic carbocycles. The molecule has 130 valence electrons. The van der Waals surface area contributed by atoms with Crippen LogP contribution in [0.5, 0.6) is 0 Å². The molecule has 0 unspecified atom stereocenters. The Morgan fingerprint density at radius 3 is 2.52 bits per heavy atom. The van der Waals surface area contributed by atoms with Gasteiger partial charge >= 0.3 is 6.03 Å². The summed E-state index contributed by atoms with van der Waals surface area (Å²) in [5.41, 5.74) is 1.40. The summed E-state index contributed by atoms with van der Waals surface area (Å²) < 4.78 is 0. The van der Waals surface area contributed by atoms with Gasteiger partial charge in [-0.3, -0.25) is 9.78 Å². The zero-order valence-electron chi connectivity index (χ0n) is 14.0. The zero-order chi connectivity index (χ0) is 17.5. The fraction of sp³-hybridized carbons (Fsp3) is 0.316. The molecule has 1 aliphatic rings. The lowest BCUT2D eigenvalue weighted by atomic mass is 9.96. The van der Waals surface area contributed by atoms with E-state index >= 15 is 0 Å². The second-order valence-corrected chi connectivity index (χ2v) is 6.18. The minimum Gasteiger partial charge on any atom is -0.339 e. The number of likely N-dealkylation sites (tertiary alicyclic amines) is 1. The van der Waals surface area contributed by atoms with Gasteiger partial charge in [0.2, 0.25) is 0 Å². The average Bonchev–Trinajstić information content (AvgIpc) is 2.68. The van der Waals surface area contributed by atoms with Crippen molar-refractivity contribution in [2.24, 2.45) is 5.92 Å². The molecule has 25 heavy (non-hydrogen) atoms. The zero-order valence-corrected chi connectivity index (χ0v) is 14.0. The summed E-state index contributed by atoms with van der Waals surface area (Å²) in [6, 6.07) is 12.7. The number of pyridine rings is 1. The van der Waals surface area contributed by atoms with Gasteiger partial charge in [-0.1, -0.05) is 18.2 Å². The number of hydrogen-bond donors (Lipinski definition) is 2. The smallest absolute Gasteiger partial charge is 0.319 e. The van der Waals surface area contributed by atoms with Crippen LogP contribution in [0, 0.1) is 5.92 Å². The second kappa shape index (κ2) is 8.28. The molecule has 3 amide bonds. The first kappa shape index (κ1) is 17.0. The number of benzene rings is 1. The summed E-state index contributed by atoms with van der Waals surface area (Å²) in [4.78, 5) is 30.2. The fourth-order valence-corrected chi connectivity index (χ4v) is 2.95. The van der Waals surface area contributed by atoms with Crippen molar-refractivity contribution in [3.63, 3.8) is 0 Å². The number of nitrogens with zero attached hydrogens (tertiary/aromatic N) is 2. The van der Waals surface area contributed by atoms with Gasteiger partial charge in [0.25, 0.3) is 5.91 Å². The highest BCUT2D eigenvalue weighted by atomic mass is 16.2. The number of anilines is 1. The first-order chi connectivity index (χ1) is 12.2. The first-order valence-corrected chi connectivity index (χ1v) is 8.51. The number of carbonyl (C=O) groups excluding carboxylic acids is 2. The molecule has 0 bridgehead atoms. The number of amides is 3. The van der Waals surface area contributed by atoms with E-state index in [1.807, 2.05) is 35.2 Å². The van der Waals surface area contributed by atoms with Gasteiger partial charge in [0.1, 0.15) is 0 Å². The third-order valence-electron chi connectivity index (χ3n) is 4.39. The van der Waals surface area contributed by atoms with Crippen LogP contribution in [0.15, 0.2) is 54.9 Å².